The monoisotopic (exact) mass is 244 g/mol. The summed E-state index contributed by atoms with van der Waals surface area (Å²) in [6.07, 6.45) is -3.86. The van der Waals surface area contributed by atoms with Crippen LogP contribution in [0.2, 0.25) is 0 Å². The van der Waals surface area contributed by atoms with Crippen LogP contribution in [-0.2, 0) is 4.74 Å². The Bertz CT molecular complexity index is 464. The molecule has 1 saturated heterocycles. The number of nitrogens with zero attached hydrogens (tertiary/aromatic N) is 1. The molecule has 94 valence electrons. The SMILES string of the molecule is Cc1nc([C@@H]2O[C@H](CO)C(O)C2F)c[nH]c1=O. The molecule has 0 bridgehead atoms. The maximum atomic E-state index is 13.7. The fraction of sp³-hybridized carbons (Fsp3) is 0.600. The lowest BCUT2D eigenvalue weighted by molar-refractivity contribution is -0.0238. The quantitative estimate of drug-likeness (QED) is 0.633. The molecule has 0 amide bonds. The molecular formula is C10H13FN2O4. The minimum absolute atomic E-state index is 0.195. The van der Waals surface area contributed by atoms with E-state index in [1.165, 1.54) is 13.1 Å². The van der Waals surface area contributed by atoms with E-state index in [0.29, 0.717) is 0 Å². The van der Waals surface area contributed by atoms with Gasteiger partial charge in [-0.25, -0.2) is 9.37 Å². The van der Waals surface area contributed by atoms with Crippen molar-refractivity contribution in [2.75, 3.05) is 6.61 Å². The van der Waals surface area contributed by atoms with E-state index in [9.17, 15) is 14.3 Å². The Morgan fingerprint density at radius 1 is 1.65 bits per heavy atom. The van der Waals surface area contributed by atoms with Crippen LogP contribution in [0.3, 0.4) is 0 Å². The summed E-state index contributed by atoms with van der Waals surface area (Å²) < 4.78 is 18.9. The number of hydrogen-bond acceptors (Lipinski definition) is 5. The summed E-state index contributed by atoms with van der Waals surface area (Å²) in [6.45, 7) is 1.02. The molecule has 1 aliphatic rings. The van der Waals surface area contributed by atoms with Crippen molar-refractivity contribution in [2.45, 2.75) is 31.4 Å². The van der Waals surface area contributed by atoms with Gasteiger partial charge in [0.05, 0.1) is 12.3 Å². The van der Waals surface area contributed by atoms with Crippen LogP contribution in [0.1, 0.15) is 17.5 Å². The zero-order valence-corrected chi connectivity index (χ0v) is 9.13. The van der Waals surface area contributed by atoms with E-state index in [2.05, 4.69) is 9.97 Å². The number of aliphatic hydroxyl groups is 2. The molecule has 4 atom stereocenters. The lowest BCUT2D eigenvalue weighted by Gasteiger charge is -2.12. The summed E-state index contributed by atoms with van der Waals surface area (Å²) in [6, 6.07) is 0. The summed E-state index contributed by atoms with van der Waals surface area (Å²) >= 11 is 0. The highest BCUT2D eigenvalue weighted by Crippen LogP contribution is 2.34. The number of aromatic nitrogens is 2. The molecule has 0 aliphatic carbocycles. The lowest BCUT2D eigenvalue weighted by atomic mass is 10.1. The Morgan fingerprint density at radius 3 is 2.88 bits per heavy atom. The van der Waals surface area contributed by atoms with E-state index in [1.807, 2.05) is 0 Å². The number of rotatable bonds is 2. The Labute approximate surface area is 96.1 Å². The average Bonchev–Trinajstić information content (AvgIpc) is 2.60. The van der Waals surface area contributed by atoms with Crippen LogP contribution < -0.4 is 5.56 Å². The van der Waals surface area contributed by atoms with Crippen molar-refractivity contribution >= 4 is 0 Å². The third-order valence-electron chi connectivity index (χ3n) is 2.77. The zero-order chi connectivity index (χ0) is 12.6. The van der Waals surface area contributed by atoms with Crippen molar-refractivity contribution < 1.29 is 19.3 Å². The molecular weight excluding hydrogens is 231 g/mol. The first-order valence-electron chi connectivity index (χ1n) is 5.19. The fourth-order valence-electron chi connectivity index (χ4n) is 1.78. The molecule has 7 heteroatoms. The molecule has 1 aromatic heterocycles. The van der Waals surface area contributed by atoms with E-state index in [4.69, 9.17) is 9.84 Å². The summed E-state index contributed by atoms with van der Waals surface area (Å²) in [5.74, 6) is 0. The molecule has 0 aromatic carbocycles. The maximum absolute atomic E-state index is 13.7. The molecule has 3 N–H and O–H groups in total. The van der Waals surface area contributed by atoms with Crippen LogP contribution in [0.15, 0.2) is 11.0 Å². The van der Waals surface area contributed by atoms with Gasteiger partial charge in [-0.05, 0) is 6.92 Å². The van der Waals surface area contributed by atoms with Gasteiger partial charge in [0.15, 0.2) is 6.17 Å². The second-order valence-corrected chi connectivity index (χ2v) is 3.95. The largest absolute Gasteiger partial charge is 0.394 e. The number of aliphatic hydroxyl groups excluding tert-OH is 2. The van der Waals surface area contributed by atoms with Gasteiger partial charge in [-0.3, -0.25) is 4.79 Å². The van der Waals surface area contributed by atoms with Gasteiger partial charge in [0, 0.05) is 6.20 Å². The predicted molar refractivity (Wildman–Crippen MR) is 55.2 cm³/mol. The minimum atomic E-state index is -1.68. The predicted octanol–water partition coefficient (Wildman–Crippen LogP) is -0.790. The Balaban J connectivity index is 2.28. The van der Waals surface area contributed by atoms with E-state index >= 15 is 0 Å². The van der Waals surface area contributed by atoms with Gasteiger partial charge in [-0.1, -0.05) is 0 Å². The van der Waals surface area contributed by atoms with Crippen molar-refractivity contribution in [1.82, 2.24) is 9.97 Å². The number of H-pyrrole nitrogens is 1. The van der Waals surface area contributed by atoms with Crippen molar-refractivity contribution in [1.29, 1.82) is 0 Å². The van der Waals surface area contributed by atoms with E-state index < -0.39 is 31.1 Å². The first-order valence-corrected chi connectivity index (χ1v) is 5.19. The van der Waals surface area contributed by atoms with Crippen molar-refractivity contribution in [3.8, 4) is 0 Å². The van der Waals surface area contributed by atoms with Crippen LogP contribution in [0, 0.1) is 6.92 Å². The van der Waals surface area contributed by atoms with Crippen LogP contribution >= 0.6 is 0 Å². The fourth-order valence-corrected chi connectivity index (χ4v) is 1.78. The number of aryl methyl sites for hydroxylation is 1. The molecule has 2 heterocycles. The van der Waals surface area contributed by atoms with Crippen molar-refractivity contribution in [3.05, 3.63) is 27.9 Å². The van der Waals surface area contributed by atoms with Gasteiger partial charge >= 0.3 is 0 Å². The van der Waals surface area contributed by atoms with Crippen LogP contribution in [0.5, 0.6) is 0 Å². The van der Waals surface area contributed by atoms with Crippen molar-refractivity contribution in [2.24, 2.45) is 0 Å². The molecule has 2 unspecified atom stereocenters. The normalized spacial score (nSPS) is 32.9. The van der Waals surface area contributed by atoms with E-state index in [-0.39, 0.29) is 16.9 Å². The summed E-state index contributed by atoms with van der Waals surface area (Å²) in [7, 11) is 0. The van der Waals surface area contributed by atoms with Gasteiger partial charge in [0.1, 0.15) is 24.0 Å². The third kappa shape index (κ3) is 2.08. The summed E-state index contributed by atoms with van der Waals surface area (Å²) in [4.78, 5) is 17.4. The highest BCUT2D eigenvalue weighted by atomic mass is 19.1. The number of halogens is 1. The van der Waals surface area contributed by atoms with Crippen LogP contribution in [0.4, 0.5) is 4.39 Å². The van der Waals surface area contributed by atoms with Crippen molar-refractivity contribution in [3.63, 3.8) is 0 Å². The Hall–Kier alpha value is -1.31. The maximum Gasteiger partial charge on any atom is 0.269 e. The van der Waals surface area contributed by atoms with Gasteiger partial charge in [-0.15, -0.1) is 0 Å². The van der Waals surface area contributed by atoms with Crippen LogP contribution in [-0.4, -0.2) is 45.2 Å². The second-order valence-electron chi connectivity index (χ2n) is 3.95. The number of hydrogen-bond donors (Lipinski definition) is 3. The number of ether oxygens (including phenoxy) is 1. The molecule has 1 aromatic rings. The summed E-state index contributed by atoms with van der Waals surface area (Å²) in [5.41, 5.74) is 0.0336. The molecule has 1 fully saturated rings. The highest BCUT2D eigenvalue weighted by molar-refractivity contribution is 5.10. The van der Waals surface area contributed by atoms with E-state index in [0.717, 1.165) is 0 Å². The summed E-state index contributed by atoms with van der Waals surface area (Å²) in [5, 5.41) is 18.3. The number of alkyl halides is 1. The second kappa shape index (κ2) is 4.52. The third-order valence-corrected chi connectivity index (χ3v) is 2.77. The number of nitrogens with one attached hydrogen (secondary N) is 1. The molecule has 2 rings (SSSR count). The minimum Gasteiger partial charge on any atom is -0.394 e. The highest BCUT2D eigenvalue weighted by Gasteiger charge is 2.45. The van der Waals surface area contributed by atoms with Crippen LogP contribution in [0.25, 0.3) is 0 Å². The smallest absolute Gasteiger partial charge is 0.269 e. The molecule has 17 heavy (non-hydrogen) atoms. The Kier molecular flexibility index (Phi) is 3.23. The molecule has 0 saturated carbocycles. The zero-order valence-electron chi connectivity index (χ0n) is 9.13. The molecule has 0 spiro atoms. The van der Waals surface area contributed by atoms with Gasteiger partial charge in [0.25, 0.3) is 5.56 Å². The topological polar surface area (TPSA) is 95.4 Å². The number of aromatic amines is 1. The van der Waals surface area contributed by atoms with Gasteiger partial charge in [-0.2, -0.15) is 0 Å². The first kappa shape index (κ1) is 12.2. The first-order chi connectivity index (χ1) is 8.04. The molecule has 0 radical (unpaired) electrons. The molecule has 6 nitrogen and oxygen atoms in total. The average molecular weight is 244 g/mol. The van der Waals surface area contributed by atoms with Gasteiger partial charge < -0.3 is 19.9 Å². The van der Waals surface area contributed by atoms with Gasteiger partial charge in [0.2, 0.25) is 0 Å². The lowest BCUT2D eigenvalue weighted by Crippen LogP contribution is -2.30. The molecule has 1 aliphatic heterocycles. The van der Waals surface area contributed by atoms with E-state index in [1.54, 1.807) is 0 Å². The standard InChI is InChI=1S/C10H13FN2O4/c1-4-10(16)12-2-5(13-4)9-7(11)8(15)6(3-14)17-9/h2,6-9,14-15H,3H2,1H3,(H,12,16)/t6-,7?,8?,9+/m1/s1. The Morgan fingerprint density at radius 2 is 2.35 bits per heavy atom.